The van der Waals surface area contributed by atoms with Gasteiger partial charge in [-0.15, -0.1) is 0 Å². The molecule has 13 heavy (non-hydrogen) atoms. The van der Waals surface area contributed by atoms with Crippen molar-refractivity contribution in [2.45, 2.75) is 26.3 Å². The first kappa shape index (κ1) is 10.3. The Kier molecular flexibility index (Phi) is 2.81. The molecule has 0 atom stereocenters. The molecule has 4 nitrogen and oxygen atoms in total. The summed E-state index contributed by atoms with van der Waals surface area (Å²) in [5.41, 5.74) is 5.82. The number of likely N-dealkylation sites (tertiary alicyclic amines) is 1. The van der Waals surface area contributed by atoms with Gasteiger partial charge in [-0.3, -0.25) is 0 Å². The van der Waals surface area contributed by atoms with Crippen LogP contribution in [0.2, 0.25) is 0 Å². The molecule has 1 aliphatic rings. The smallest absolute Gasteiger partial charge is 0.409 e. The van der Waals surface area contributed by atoms with Gasteiger partial charge in [-0.25, -0.2) is 4.79 Å². The number of carbonyl (C=O) groups is 1. The molecule has 1 rings (SSSR count). The van der Waals surface area contributed by atoms with Gasteiger partial charge < -0.3 is 15.4 Å². The Balaban J connectivity index is 2.36. The summed E-state index contributed by atoms with van der Waals surface area (Å²) in [5, 5.41) is 0. The molecular weight excluding hydrogens is 168 g/mol. The molecule has 76 valence electrons. The lowest BCUT2D eigenvalue weighted by Crippen LogP contribution is -2.71. The van der Waals surface area contributed by atoms with Gasteiger partial charge in [0, 0.05) is 13.1 Å². The second-order valence-corrected chi connectivity index (χ2v) is 3.94. The summed E-state index contributed by atoms with van der Waals surface area (Å²) in [4.78, 5) is 12.8. The predicted octanol–water partition coefficient (Wildman–Crippen LogP) is 0.812. The van der Waals surface area contributed by atoms with Crippen LogP contribution in [0.3, 0.4) is 0 Å². The number of carbonyl (C=O) groups excluding carboxylic acids is 1. The Labute approximate surface area is 79.0 Å². The van der Waals surface area contributed by atoms with Crippen LogP contribution >= 0.6 is 0 Å². The van der Waals surface area contributed by atoms with Crippen molar-refractivity contribution >= 4 is 6.09 Å². The molecule has 0 saturated carbocycles. The van der Waals surface area contributed by atoms with Crippen LogP contribution in [0.25, 0.3) is 0 Å². The standard InChI is InChI=1S/C9H18N2O2/c1-4-13-8(12)11-5-9(10,6-11)7(2)3/h7H,4-6,10H2,1-3H3. The topological polar surface area (TPSA) is 55.6 Å². The molecule has 0 aromatic heterocycles. The Hall–Kier alpha value is -0.770. The first-order valence-electron chi connectivity index (χ1n) is 4.70. The van der Waals surface area contributed by atoms with Gasteiger partial charge in [0.1, 0.15) is 0 Å². The largest absolute Gasteiger partial charge is 0.450 e. The third kappa shape index (κ3) is 1.94. The maximum absolute atomic E-state index is 11.2. The van der Waals surface area contributed by atoms with Crippen molar-refractivity contribution in [2.24, 2.45) is 11.7 Å². The number of rotatable bonds is 2. The number of hydrogen-bond donors (Lipinski definition) is 1. The quantitative estimate of drug-likeness (QED) is 0.694. The van der Waals surface area contributed by atoms with Gasteiger partial charge in [-0.05, 0) is 12.8 Å². The van der Waals surface area contributed by atoms with Gasteiger partial charge in [0.05, 0.1) is 12.1 Å². The van der Waals surface area contributed by atoms with E-state index < -0.39 is 0 Å². The molecule has 2 N–H and O–H groups in total. The van der Waals surface area contributed by atoms with Crippen LogP contribution in [0.4, 0.5) is 4.79 Å². The molecule has 0 aromatic rings. The predicted molar refractivity (Wildman–Crippen MR) is 50.4 cm³/mol. The molecule has 0 spiro atoms. The van der Waals surface area contributed by atoms with E-state index in [2.05, 4.69) is 13.8 Å². The fraction of sp³-hybridized carbons (Fsp3) is 0.889. The summed E-state index contributed by atoms with van der Waals surface area (Å²) < 4.78 is 4.85. The van der Waals surface area contributed by atoms with E-state index in [4.69, 9.17) is 10.5 Å². The highest BCUT2D eigenvalue weighted by Gasteiger charge is 2.44. The zero-order valence-electron chi connectivity index (χ0n) is 8.54. The average molecular weight is 186 g/mol. The van der Waals surface area contributed by atoms with E-state index in [1.807, 2.05) is 0 Å². The highest BCUT2D eigenvalue weighted by atomic mass is 16.6. The molecule has 1 aliphatic heterocycles. The molecule has 0 bridgehead atoms. The highest BCUT2D eigenvalue weighted by Crippen LogP contribution is 2.26. The molecule has 1 saturated heterocycles. The van der Waals surface area contributed by atoms with E-state index in [0.29, 0.717) is 25.6 Å². The Bertz CT molecular complexity index is 198. The summed E-state index contributed by atoms with van der Waals surface area (Å²) in [6.45, 7) is 7.60. The molecule has 0 radical (unpaired) electrons. The second-order valence-electron chi connectivity index (χ2n) is 3.94. The van der Waals surface area contributed by atoms with Gasteiger partial charge in [-0.2, -0.15) is 0 Å². The van der Waals surface area contributed by atoms with Crippen molar-refractivity contribution in [3.63, 3.8) is 0 Å². The van der Waals surface area contributed by atoms with Crippen molar-refractivity contribution in [2.75, 3.05) is 19.7 Å². The van der Waals surface area contributed by atoms with E-state index in [1.54, 1.807) is 11.8 Å². The lowest BCUT2D eigenvalue weighted by Gasteiger charge is -2.49. The second kappa shape index (κ2) is 3.54. The number of nitrogens with two attached hydrogens (primary N) is 1. The third-order valence-electron chi connectivity index (χ3n) is 2.65. The first-order valence-corrected chi connectivity index (χ1v) is 4.70. The van der Waals surface area contributed by atoms with E-state index in [9.17, 15) is 4.79 Å². The summed E-state index contributed by atoms with van der Waals surface area (Å²) in [7, 11) is 0. The van der Waals surface area contributed by atoms with Crippen LogP contribution in [0, 0.1) is 5.92 Å². The van der Waals surface area contributed by atoms with Crippen LogP contribution in [0.15, 0.2) is 0 Å². The van der Waals surface area contributed by atoms with E-state index in [1.165, 1.54) is 0 Å². The zero-order valence-corrected chi connectivity index (χ0v) is 8.54. The molecule has 1 heterocycles. The van der Waals surface area contributed by atoms with Crippen molar-refractivity contribution in [1.29, 1.82) is 0 Å². The molecular formula is C9H18N2O2. The van der Waals surface area contributed by atoms with Gasteiger partial charge >= 0.3 is 6.09 Å². The number of hydrogen-bond acceptors (Lipinski definition) is 3. The van der Waals surface area contributed by atoms with Crippen molar-refractivity contribution in [3.8, 4) is 0 Å². The van der Waals surface area contributed by atoms with Crippen LogP contribution < -0.4 is 5.73 Å². The SMILES string of the molecule is CCOC(=O)N1CC(N)(C(C)C)C1. The molecule has 0 unspecified atom stereocenters. The van der Waals surface area contributed by atoms with E-state index >= 15 is 0 Å². The van der Waals surface area contributed by atoms with Crippen LogP contribution in [0.5, 0.6) is 0 Å². The highest BCUT2D eigenvalue weighted by molar-refractivity contribution is 5.69. The minimum absolute atomic E-state index is 0.202. The summed E-state index contributed by atoms with van der Waals surface area (Å²) >= 11 is 0. The lowest BCUT2D eigenvalue weighted by molar-refractivity contribution is 0.0241. The summed E-state index contributed by atoms with van der Waals surface area (Å²) in [5.74, 6) is 0.401. The van der Waals surface area contributed by atoms with Crippen LogP contribution in [-0.2, 0) is 4.74 Å². The van der Waals surface area contributed by atoms with Crippen LogP contribution in [0.1, 0.15) is 20.8 Å². The molecule has 4 heteroatoms. The number of nitrogens with zero attached hydrogens (tertiary/aromatic N) is 1. The Morgan fingerprint density at radius 3 is 2.54 bits per heavy atom. The fourth-order valence-corrected chi connectivity index (χ4v) is 1.37. The van der Waals surface area contributed by atoms with Crippen molar-refractivity contribution in [3.05, 3.63) is 0 Å². The normalized spacial score (nSPS) is 19.9. The minimum atomic E-state index is -0.246. The monoisotopic (exact) mass is 186 g/mol. The van der Waals surface area contributed by atoms with Crippen molar-refractivity contribution in [1.82, 2.24) is 4.90 Å². The van der Waals surface area contributed by atoms with Gasteiger partial charge in [0.2, 0.25) is 0 Å². The molecule has 0 aliphatic carbocycles. The Morgan fingerprint density at radius 2 is 2.15 bits per heavy atom. The zero-order chi connectivity index (χ0) is 10.1. The van der Waals surface area contributed by atoms with E-state index in [-0.39, 0.29) is 11.6 Å². The number of ether oxygens (including phenoxy) is 1. The van der Waals surface area contributed by atoms with Gasteiger partial charge in [-0.1, -0.05) is 13.8 Å². The first-order chi connectivity index (χ1) is 5.99. The van der Waals surface area contributed by atoms with Crippen LogP contribution in [-0.4, -0.2) is 36.2 Å². The minimum Gasteiger partial charge on any atom is -0.450 e. The van der Waals surface area contributed by atoms with Gasteiger partial charge in [0.15, 0.2) is 0 Å². The molecule has 1 amide bonds. The lowest BCUT2D eigenvalue weighted by atomic mass is 9.81. The fourth-order valence-electron chi connectivity index (χ4n) is 1.37. The van der Waals surface area contributed by atoms with E-state index in [0.717, 1.165) is 0 Å². The Morgan fingerprint density at radius 1 is 1.62 bits per heavy atom. The summed E-state index contributed by atoms with van der Waals surface area (Å²) in [6.07, 6.45) is -0.246. The summed E-state index contributed by atoms with van der Waals surface area (Å²) in [6, 6.07) is 0. The average Bonchev–Trinajstić information content (AvgIpc) is 1.98. The maximum Gasteiger partial charge on any atom is 0.409 e. The van der Waals surface area contributed by atoms with Crippen molar-refractivity contribution < 1.29 is 9.53 Å². The maximum atomic E-state index is 11.2. The number of amides is 1. The molecule has 1 fully saturated rings. The van der Waals surface area contributed by atoms with Gasteiger partial charge in [0.25, 0.3) is 0 Å². The third-order valence-corrected chi connectivity index (χ3v) is 2.65. The molecule has 0 aromatic carbocycles.